The molecule has 0 atom stereocenters. The van der Waals surface area contributed by atoms with Gasteiger partial charge in [-0.15, -0.1) is 0 Å². The number of ether oxygens (including phenoxy) is 1. The Balaban J connectivity index is 1.92. The van der Waals surface area contributed by atoms with Crippen molar-refractivity contribution in [2.45, 2.75) is 78.1 Å². The van der Waals surface area contributed by atoms with Crippen LogP contribution >= 0.6 is 0 Å². The van der Waals surface area contributed by atoms with Crippen LogP contribution in [-0.2, 0) is 16.0 Å². The van der Waals surface area contributed by atoms with E-state index in [1.165, 1.54) is 19.3 Å². The smallest absolute Gasteiger partial charge is 0.303 e. The standard InChI is InChI=1S/C23H35NO4/c1-3-5-7-17-10-13-19(14-11-17)23(27)24-20-15-12-18(8-6-9-22(25)26)16-21(20)28-4-2/h12,15-17,19H,3-11,13-14H2,1-2H3,(H,24,27)(H,25,26). The molecule has 2 N–H and O–H groups in total. The Hall–Kier alpha value is -2.04. The number of aliphatic carboxylic acids is 1. The molecule has 1 aliphatic carbocycles. The molecule has 28 heavy (non-hydrogen) atoms. The van der Waals surface area contributed by atoms with Crippen LogP contribution in [0, 0.1) is 11.8 Å². The molecule has 1 aromatic rings. The SMILES string of the molecule is CCCCC1CCC(C(=O)Nc2ccc(CCCC(=O)O)cc2OCC)CC1. The summed E-state index contributed by atoms with van der Waals surface area (Å²) in [4.78, 5) is 23.4. The molecular weight excluding hydrogens is 354 g/mol. The lowest BCUT2D eigenvalue weighted by molar-refractivity contribution is -0.137. The molecule has 0 radical (unpaired) electrons. The second kappa shape index (κ2) is 11.7. The molecule has 1 saturated carbocycles. The third-order valence-electron chi connectivity index (χ3n) is 5.64. The van der Waals surface area contributed by atoms with Gasteiger partial charge in [-0.2, -0.15) is 0 Å². The molecule has 0 bridgehead atoms. The molecule has 0 saturated heterocycles. The molecule has 156 valence electrons. The van der Waals surface area contributed by atoms with Gasteiger partial charge in [0.25, 0.3) is 0 Å². The quantitative estimate of drug-likeness (QED) is 0.529. The molecule has 1 aromatic carbocycles. The van der Waals surface area contributed by atoms with E-state index < -0.39 is 5.97 Å². The van der Waals surface area contributed by atoms with Gasteiger partial charge in [-0.3, -0.25) is 9.59 Å². The highest BCUT2D eigenvalue weighted by Crippen LogP contribution is 2.34. The maximum Gasteiger partial charge on any atom is 0.303 e. The Morgan fingerprint density at radius 3 is 2.54 bits per heavy atom. The van der Waals surface area contributed by atoms with Crippen LogP contribution in [-0.4, -0.2) is 23.6 Å². The number of hydrogen-bond donors (Lipinski definition) is 2. The molecule has 0 unspecified atom stereocenters. The average Bonchev–Trinajstić information content (AvgIpc) is 2.68. The van der Waals surface area contributed by atoms with E-state index in [1.54, 1.807) is 0 Å². The fourth-order valence-corrected chi connectivity index (χ4v) is 3.99. The molecule has 5 nitrogen and oxygen atoms in total. The topological polar surface area (TPSA) is 75.6 Å². The van der Waals surface area contributed by atoms with E-state index in [4.69, 9.17) is 9.84 Å². The number of unbranched alkanes of at least 4 members (excludes halogenated alkanes) is 1. The number of benzene rings is 1. The van der Waals surface area contributed by atoms with Crippen LogP contribution in [0.3, 0.4) is 0 Å². The highest BCUT2D eigenvalue weighted by Gasteiger charge is 2.26. The molecule has 0 aromatic heterocycles. The Morgan fingerprint density at radius 2 is 1.89 bits per heavy atom. The summed E-state index contributed by atoms with van der Waals surface area (Å²) in [7, 11) is 0. The van der Waals surface area contributed by atoms with E-state index in [9.17, 15) is 9.59 Å². The van der Waals surface area contributed by atoms with Gasteiger partial charge in [-0.05, 0) is 69.1 Å². The summed E-state index contributed by atoms with van der Waals surface area (Å²) in [6, 6.07) is 5.75. The summed E-state index contributed by atoms with van der Waals surface area (Å²) in [5, 5.41) is 11.9. The first-order valence-corrected chi connectivity index (χ1v) is 10.8. The van der Waals surface area contributed by atoms with Crippen molar-refractivity contribution in [2.24, 2.45) is 11.8 Å². The van der Waals surface area contributed by atoms with Crippen molar-refractivity contribution >= 4 is 17.6 Å². The highest BCUT2D eigenvalue weighted by molar-refractivity contribution is 5.94. The van der Waals surface area contributed by atoms with E-state index >= 15 is 0 Å². The van der Waals surface area contributed by atoms with E-state index in [-0.39, 0.29) is 18.2 Å². The predicted molar refractivity (Wildman–Crippen MR) is 112 cm³/mol. The fourth-order valence-electron chi connectivity index (χ4n) is 3.99. The summed E-state index contributed by atoms with van der Waals surface area (Å²) < 4.78 is 5.72. The first-order valence-electron chi connectivity index (χ1n) is 10.8. The number of carboxylic acid groups (broad SMARTS) is 1. The lowest BCUT2D eigenvalue weighted by Gasteiger charge is -2.28. The first-order chi connectivity index (χ1) is 13.5. The molecule has 1 fully saturated rings. The monoisotopic (exact) mass is 389 g/mol. The summed E-state index contributed by atoms with van der Waals surface area (Å²) in [6.45, 7) is 4.66. The second-order valence-corrected chi connectivity index (χ2v) is 7.86. The number of anilines is 1. The Bertz CT molecular complexity index is 635. The van der Waals surface area contributed by atoms with Gasteiger partial charge in [0.1, 0.15) is 5.75 Å². The third kappa shape index (κ3) is 7.17. The van der Waals surface area contributed by atoms with Crippen LogP contribution in [0.1, 0.15) is 77.2 Å². The van der Waals surface area contributed by atoms with Gasteiger partial charge in [0, 0.05) is 12.3 Å². The van der Waals surface area contributed by atoms with Gasteiger partial charge in [0.05, 0.1) is 12.3 Å². The largest absolute Gasteiger partial charge is 0.492 e. The van der Waals surface area contributed by atoms with E-state index in [1.807, 2.05) is 25.1 Å². The molecule has 0 heterocycles. The molecule has 2 rings (SSSR count). The van der Waals surface area contributed by atoms with Crippen LogP contribution < -0.4 is 10.1 Å². The number of carboxylic acids is 1. The average molecular weight is 390 g/mol. The number of carbonyl (C=O) groups excluding carboxylic acids is 1. The van der Waals surface area contributed by atoms with Gasteiger partial charge in [0.15, 0.2) is 0 Å². The Morgan fingerprint density at radius 1 is 1.14 bits per heavy atom. The lowest BCUT2D eigenvalue weighted by Crippen LogP contribution is -2.27. The minimum Gasteiger partial charge on any atom is -0.492 e. The van der Waals surface area contributed by atoms with Crippen LogP contribution in [0.15, 0.2) is 18.2 Å². The summed E-state index contributed by atoms with van der Waals surface area (Å²) in [5.74, 6) is 0.850. The van der Waals surface area contributed by atoms with E-state index in [0.717, 1.165) is 37.2 Å². The Labute approximate surface area is 168 Å². The summed E-state index contributed by atoms with van der Waals surface area (Å²) in [6.07, 6.45) is 9.50. The maximum absolute atomic E-state index is 12.7. The van der Waals surface area contributed by atoms with Crippen molar-refractivity contribution < 1.29 is 19.4 Å². The van der Waals surface area contributed by atoms with Gasteiger partial charge >= 0.3 is 5.97 Å². The van der Waals surface area contributed by atoms with E-state index in [2.05, 4.69) is 12.2 Å². The fraction of sp³-hybridized carbons (Fsp3) is 0.652. The molecular formula is C23H35NO4. The number of rotatable bonds is 11. The van der Waals surface area contributed by atoms with Crippen LogP contribution in [0.25, 0.3) is 0 Å². The van der Waals surface area contributed by atoms with Crippen molar-refractivity contribution in [3.8, 4) is 5.75 Å². The molecule has 1 aliphatic rings. The third-order valence-corrected chi connectivity index (χ3v) is 5.64. The molecule has 5 heteroatoms. The zero-order valence-corrected chi connectivity index (χ0v) is 17.3. The van der Waals surface area contributed by atoms with Crippen molar-refractivity contribution in [2.75, 3.05) is 11.9 Å². The normalized spacial score (nSPS) is 19.2. The van der Waals surface area contributed by atoms with E-state index in [0.29, 0.717) is 30.9 Å². The zero-order valence-electron chi connectivity index (χ0n) is 17.3. The second-order valence-electron chi connectivity index (χ2n) is 7.86. The Kier molecular flexibility index (Phi) is 9.32. The van der Waals surface area contributed by atoms with Crippen LogP contribution in [0.5, 0.6) is 5.75 Å². The van der Waals surface area contributed by atoms with Crippen molar-refractivity contribution in [3.05, 3.63) is 23.8 Å². The number of amides is 1. The van der Waals surface area contributed by atoms with Crippen molar-refractivity contribution in [1.29, 1.82) is 0 Å². The minimum atomic E-state index is -0.779. The minimum absolute atomic E-state index is 0.0857. The first kappa shape index (κ1) is 22.3. The van der Waals surface area contributed by atoms with Crippen LogP contribution in [0.4, 0.5) is 5.69 Å². The highest BCUT2D eigenvalue weighted by atomic mass is 16.5. The van der Waals surface area contributed by atoms with Gasteiger partial charge in [-0.25, -0.2) is 0 Å². The zero-order chi connectivity index (χ0) is 20.4. The van der Waals surface area contributed by atoms with Crippen molar-refractivity contribution in [3.63, 3.8) is 0 Å². The molecule has 0 spiro atoms. The van der Waals surface area contributed by atoms with Crippen molar-refractivity contribution in [1.82, 2.24) is 0 Å². The number of aryl methyl sites for hydroxylation is 1. The number of nitrogens with one attached hydrogen (secondary N) is 1. The van der Waals surface area contributed by atoms with Crippen LogP contribution in [0.2, 0.25) is 0 Å². The molecule has 1 amide bonds. The lowest BCUT2D eigenvalue weighted by atomic mass is 9.79. The van der Waals surface area contributed by atoms with Gasteiger partial charge < -0.3 is 15.2 Å². The number of carbonyl (C=O) groups is 2. The summed E-state index contributed by atoms with van der Waals surface area (Å²) in [5.41, 5.74) is 1.74. The van der Waals surface area contributed by atoms with Gasteiger partial charge in [-0.1, -0.05) is 32.3 Å². The summed E-state index contributed by atoms with van der Waals surface area (Å²) >= 11 is 0. The van der Waals surface area contributed by atoms with Gasteiger partial charge in [0.2, 0.25) is 5.91 Å². The maximum atomic E-state index is 12.7. The molecule has 0 aliphatic heterocycles. The number of hydrogen-bond acceptors (Lipinski definition) is 3. The predicted octanol–water partition coefficient (Wildman–Crippen LogP) is 5.43.